The highest BCUT2D eigenvalue weighted by molar-refractivity contribution is 5.57. The quantitative estimate of drug-likeness (QED) is 0.797. The Morgan fingerprint density at radius 3 is 2.67 bits per heavy atom. The molecule has 1 aliphatic heterocycles. The Kier molecular flexibility index (Phi) is 3.65. The van der Waals surface area contributed by atoms with Gasteiger partial charge in [-0.25, -0.2) is 9.97 Å². The van der Waals surface area contributed by atoms with Crippen LogP contribution in [0.15, 0.2) is 40.9 Å². The second-order valence-electron chi connectivity index (χ2n) is 6.05. The summed E-state index contributed by atoms with van der Waals surface area (Å²) >= 11 is 0. The first-order chi connectivity index (χ1) is 11.7. The van der Waals surface area contributed by atoms with Crippen molar-refractivity contribution in [1.29, 1.82) is 0 Å². The van der Waals surface area contributed by atoms with Crippen molar-refractivity contribution < 1.29 is 4.52 Å². The fourth-order valence-electron chi connectivity index (χ4n) is 3.03. The summed E-state index contributed by atoms with van der Waals surface area (Å²) in [5.41, 5.74) is 2.79. The molecule has 1 aliphatic rings. The smallest absolute Gasteiger partial charge is 0.175 e. The van der Waals surface area contributed by atoms with Crippen LogP contribution in [0.25, 0.3) is 0 Å². The maximum atomic E-state index is 5.09. The molecule has 0 saturated heterocycles. The lowest BCUT2D eigenvalue weighted by atomic mass is 10.00. The van der Waals surface area contributed by atoms with Gasteiger partial charge in [-0.2, -0.15) is 0 Å². The van der Waals surface area contributed by atoms with Gasteiger partial charge >= 0.3 is 0 Å². The molecule has 0 fully saturated rings. The van der Waals surface area contributed by atoms with Crippen LogP contribution in [0.2, 0.25) is 0 Å². The van der Waals surface area contributed by atoms with Gasteiger partial charge in [-0.3, -0.25) is 0 Å². The largest absolute Gasteiger partial charge is 0.360 e. The summed E-state index contributed by atoms with van der Waals surface area (Å²) in [6, 6.07) is 12.4. The van der Waals surface area contributed by atoms with E-state index in [1.807, 2.05) is 26.0 Å². The molecule has 24 heavy (non-hydrogen) atoms. The van der Waals surface area contributed by atoms with Crippen LogP contribution in [0.1, 0.15) is 22.7 Å². The fraction of sp³-hybridized carbons (Fsp3) is 0.278. The summed E-state index contributed by atoms with van der Waals surface area (Å²) in [7, 11) is 0. The molecule has 2 aromatic heterocycles. The van der Waals surface area contributed by atoms with Crippen molar-refractivity contribution in [3.05, 3.63) is 59.1 Å². The molecule has 0 atom stereocenters. The second-order valence-corrected chi connectivity index (χ2v) is 6.05. The van der Waals surface area contributed by atoms with Gasteiger partial charge in [0.05, 0.1) is 0 Å². The Bertz CT molecular complexity index is 873. The molecular formula is C18H19N5O. The van der Waals surface area contributed by atoms with Crippen LogP contribution in [-0.2, 0) is 13.0 Å². The van der Waals surface area contributed by atoms with Crippen LogP contribution in [0.3, 0.4) is 0 Å². The van der Waals surface area contributed by atoms with Crippen molar-refractivity contribution in [3.8, 4) is 0 Å². The average molecular weight is 321 g/mol. The zero-order valence-electron chi connectivity index (χ0n) is 13.8. The Morgan fingerprint density at radius 1 is 1.04 bits per heavy atom. The zero-order chi connectivity index (χ0) is 16.5. The number of nitrogens with zero attached hydrogens (tertiary/aromatic N) is 4. The Balaban J connectivity index is 1.60. The van der Waals surface area contributed by atoms with Gasteiger partial charge in [0, 0.05) is 25.2 Å². The van der Waals surface area contributed by atoms with E-state index >= 15 is 0 Å². The minimum Gasteiger partial charge on any atom is -0.360 e. The third kappa shape index (κ3) is 2.95. The van der Waals surface area contributed by atoms with Crippen LogP contribution in [0, 0.1) is 13.8 Å². The highest BCUT2D eigenvalue weighted by atomic mass is 16.5. The second kappa shape index (κ2) is 5.96. The molecule has 0 saturated carbocycles. The van der Waals surface area contributed by atoms with Crippen LogP contribution in [-0.4, -0.2) is 21.7 Å². The van der Waals surface area contributed by atoms with Crippen molar-refractivity contribution >= 4 is 17.5 Å². The molecule has 3 heterocycles. The Hall–Kier alpha value is -2.89. The van der Waals surface area contributed by atoms with E-state index in [4.69, 9.17) is 4.52 Å². The zero-order valence-corrected chi connectivity index (χ0v) is 13.8. The molecule has 6 nitrogen and oxygen atoms in total. The first kappa shape index (κ1) is 14.7. The third-order valence-corrected chi connectivity index (χ3v) is 4.16. The molecule has 0 aliphatic carbocycles. The molecule has 0 radical (unpaired) electrons. The van der Waals surface area contributed by atoms with Crippen LogP contribution < -0.4 is 10.2 Å². The van der Waals surface area contributed by atoms with E-state index in [1.165, 1.54) is 11.1 Å². The summed E-state index contributed by atoms with van der Waals surface area (Å²) in [6.07, 6.45) is 1.03. The van der Waals surface area contributed by atoms with Crippen molar-refractivity contribution in [2.24, 2.45) is 0 Å². The first-order valence-electron chi connectivity index (χ1n) is 8.05. The maximum absolute atomic E-state index is 5.09. The standard InChI is InChI=1S/C18H19N5O/c1-12-9-17(22-24-12)21-16-10-18(20-13(2)19-16)23-8-7-14-5-3-4-6-15(14)11-23/h3-6,9-10H,7-8,11H2,1-2H3,(H,19,20,21,22). The lowest BCUT2D eigenvalue weighted by molar-refractivity contribution is 0.400. The molecule has 6 heteroatoms. The number of hydrogen-bond acceptors (Lipinski definition) is 6. The van der Waals surface area contributed by atoms with E-state index < -0.39 is 0 Å². The van der Waals surface area contributed by atoms with Gasteiger partial charge < -0.3 is 14.7 Å². The van der Waals surface area contributed by atoms with E-state index in [9.17, 15) is 0 Å². The number of aromatic nitrogens is 3. The van der Waals surface area contributed by atoms with Gasteiger partial charge in [0.1, 0.15) is 23.2 Å². The number of fused-ring (bicyclic) bond motifs is 1. The monoisotopic (exact) mass is 321 g/mol. The van der Waals surface area contributed by atoms with E-state index in [0.29, 0.717) is 5.82 Å². The van der Waals surface area contributed by atoms with Crippen LogP contribution in [0.4, 0.5) is 17.5 Å². The summed E-state index contributed by atoms with van der Waals surface area (Å²) < 4.78 is 5.09. The lowest BCUT2D eigenvalue weighted by Crippen LogP contribution is -2.31. The number of hydrogen-bond donors (Lipinski definition) is 1. The molecule has 0 amide bonds. The van der Waals surface area contributed by atoms with Crippen molar-refractivity contribution in [3.63, 3.8) is 0 Å². The SMILES string of the molecule is Cc1nc(Nc2cc(C)on2)cc(N2CCc3ccccc3C2)n1. The van der Waals surface area contributed by atoms with Crippen LogP contribution in [0.5, 0.6) is 0 Å². The van der Waals surface area contributed by atoms with Gasteiger partial charge in [-0.15, -0.1) is 0 Å². The van der Waals surface area contributed by atoms with Crippen LogP contribution >= 0.6 is 0 Å². The predicted octanol–water partition coefficient (Wildman–Crippen LogP) is 3.39. The molecule has 0 bridgehead atoms. The van der Waals surface area contributed by atoms with Gasteiger partial charge in [-0.05, 0) is 31.4 Å². The lowest BCUT2D eigenvalue weighted by Gasteiger charge is -2.30. The number of benzene rings is 1. The third-order valence-electron chi connectivity index (χ3n) is 4.16. The van der Waals surface area contributed by atoms with Crippen molar-refractivity contribution in [2.45, 2.75) is 26.8 Å². The maximum Gasteiger partial charge on any atom is 0.175 e. The number of aryl methyl sites for hydroxylation is 2. The molecule has 0 unspecified atom stereocenters. The van der Waals surface area contributed by atoms with Gasteiger partial charge in [0.2, 0.25) is 0 Å². The molecule has 3 aromatic rings. The minimum atomic E-state index is 0.653. The van der Waals surface area contributed by atoms with E-state index in [0.717, 1.165) is 42.7 Å². The van der Waals surface area contributed by atoms with Crippen molar-refractivity contribution in [1.82, 2.24) is 15.1 Å². The minimum absolute atomic E-state index is 0.653. The number of anilines is 3. The normalized spacial score (nSPS) is 13.7. The van der Waals surface area contributed by atoms with E-state index in [-0.39, 0.29) is 0 Å². The topological polar surface area (TPSA) is 67.1 Å². The molecule has 122 valence electrons. The average Bonchev–Trinajstić information content (AvgIpc) is 2.98. The number of rotatable bonds is 3. The molecular weight excluding hydrogens is 302 g/mol. The number of nitrogens with one attached hydrogen (secondary N) is 1. The fourth-order valence-corrected chi connectivity index (χ4v) is 3.03. The van der Waals surface area contributed by atoms with Crippen molar-refractivity contribution in [2.75, 3.05) is 16.8 Å². The highest BCUT2D eigenvalue weighted by Gasteiger charge is 2.18. The Morgan fingerprint density at radius 2 is 1.88 bits per heavy atom. The predicted molar refractivity (Wildman–Crippen MR) is 92.5 cm³/mol. The molecule has 1 N–H and O–H groups in total. The van der Waals surface area contributed by atoms with E-state index in [1.54, 1.807) is 0 Å². The molecule has 0 spiro atoms. The summed E-state index contributed by atoms with van der Waals surface area (Å²) in [6.45, 7) is 5.59. The Labute approximate surface area is 140 Å². The van der Waals surface area contributed by atoms with Gasteiger partial charge in [0.15, 0.2) is 5.82 Å². The van der Waals surface area contributed by atoms with E-state index in [2.05, 4.69) is 49.6 Å². The summed E-state index contributed by atoms with van der Waals surface area (Å²) in [5.74, 6) is 3.80. The molecule has 1 aromatic carbocycles. The first-order valence-corrected chi connectivity index (χ1v) is 8.05. The molecule has 4 rings (SSSR count). The van der Waals surface area contributed by atoms with Gasteiger partial charge in [0.25, 0.3) is 0 Å². The van der Waals surface area contributed by atoms with Gasteiger partial charge in [-0.1, -0.05) is 29.4 Å². The highest BCUT2D eigenvalue weighted by Crippen LogP contribution is 2.25. The summed E-state index contributed by atoms with van der Waals surface area (Å²) in [5, 5.41) is 7.13. The summed E-state index contributed by atoms with van der Waals surface area (Å²) in [4.78, 5) is 11.3.